The van der Waals surface area contributed by atoms with Crippen molar-refractivity contribution in [3.05, 3.63) is 77.9 Å². The van der Waals surface area contributed by atoms with E-state index >= 15 is 0 Å². The molecule has 0 amide bonds. The van der Waals surface area contributed by atoms with Crippen LogP contribution in [0, 0.1) is 11.3 Å². The van der Waals surface area contributed by atoms with Crippen LogP contribution in [0.5, 0.6) is 0 Å². The highest BCUT2D eigenvalue weighted by Crippen LogP contribution is 2.53. The van der Waals surface area contributed by atoms with E-state index in [-0.39, 0.29) is 5.56 Å². The molecule has 0 aromatic heterocycles. The largest absolute Gasteiger partial charge is 0.264 e. The zero-order valence-electron chi connectivity index (χ0n) is 20.0. The molecule has 1 saturated carbocycles. The number of hydrogen-bond donors (Lipinski definition) is 0. The lowest BCUT2D eigenvalue weighted by Crippen LogP contribution is -2.33. The molecule has 2 heteroatoms. The molecule has 3 unspecified atom stereocenters. The summed E-state index contributed by atoms with van der Waals surface area (Å²) in [6, 6.07) is 17.9. The molecule has 0 nitrogen and oxygen atoms in total. The Morgan fingerprint density at radius 2 is 1.69 bits per heavy atom. The van der Waals surface area contributed by atoms with E-state index in [9.17, 15) is 8.78 Å². The van der Waals surface area contributed by atoms with Gasteiger partial charge in [-0.25, -0.2) is 8.78 Å². The van der Waals surface area contributed by atoms with Gasteiger partial charge in [0.1, 0.15) is 0 Å². The maximum Gasteiger partial charge on any atom is 0.264 e. The quantitative estimate of drug-likeness (QED) is 0.327. The van der Waals surface area contributed by atoms with Crippen LogP contribution in [0.1, 0.15) is 107 Å². The molecule has 2 aromatic carbocycles. The van der Waals surface area contributed by atoms with Crippen LogP contribution in [0.4, 0.5) is 8.78 Å². The van der Waals surface area contributed by atoms with E-state index in [1.54, 1.807) is 12.1 Å². The van der Waals surface area contributed by atoms with Crippen molar-refractivity contribution in [2.24, 2.45) is 11.3 Å². The van der Waals surface area contributed by atoms with Crippen LogP contribution in [0.3, 0.4) is 0 Å². The van der Waals surface area contributed by atoms with Gasteiger partial charge in [0.2, 0.25) is 0 Å². The van der Waals surface area contributed by atoms with Crippen LogP contribution >= 0.6 is 0 Å². The zero-order chi connectivity index (χ0) is 23.0. The van der Waals surface area contributed by atoms with E-state index in [1.807, 2.05) is 6.07 Å². The van der Waals surface area contributed by atoms with E-state index in [0.717, 1.165) is 24.3 Å². The number of halogens is 2. The summed E-state index contributed by atoms with van der Waals surface area (Å²) in [5.74, 6) is 1.42. The van der Waals surface area contributed by atoms with Gasteiger partial charge in [-0.15, -0.1) is 0 Å². The lowest BCUT2D eigenvalue weighted by Gasteiger charge is -2.45. The highest BCUT2D eigenvalue weighted by atomic mass is 19.3. The molecular weight excluding hydrogens is 398 g/mol. The molecule has 0 aliphatic heterocycles. The molecule has 1 aliphatic carbocycles. The van der Waals surface area contributed by atoms with Crippen molar-refractivity contribution in [1.29, 1.82) is 0 Å². The van der Waals surface area contributed by atoms with Crippen LogP contribution in [0.25, 0.3) is 5.57 Å². The van der Waals surface area contributed by atoms with Gasteiger partial charge in [-0.05, 0) is 78.9 Å². The fourth-order valence-corrected chi connectivity index (χ4v) is 6.28. The van der Waals surface area contributed by atoms with Crippen molar-refractivity contribution in [3.8, 4) is 0 Å². The minimum atomic E-state index is -2.45. The van der Waals surface area contributed by atoms with Gasteiger partial charge in [0.05, 0.1) is 0 Å². The topological polar surface area (TPSA) is 0 Å². The Bertz CT molecular complexity index is 841. The molecule has 0 heterocycles. The molecule has 0 spiro atoms. The summed E-state index contributed by atoms with van der Waals surface area (Å²) >= 11 is 0. The molecule has 32 heavy (non-hydrogen) atoms. The average molecular weight is 439 g/mol. The van der Waals surface area contributed by atoms with Gasteiger partial charge in [0.15, 0.2) is 0 Å². The lowest BCUT2D eigenvalue weighted by molar-refractivity contribution is 0.0894. The lowest BCUT2D eigenvalue weighted by atomic mass is 9.59. The zero-order valence-corrected chi connectivity index (χ0v) is 20.0. The monoisotopic (exact) mass is 438 g/mol. The minimum Gasteiger partial charge on any atom is -0.205 e. The number of rotatable bonds is 11. The normalized spacial score (nSPS) is 23.4. The Hall–Kier alpha value is -1.96. The first-order valence-corrected chi connectivity index (χ1v) is 12.6. The Labute approximate surface area is 194 Å². The highest BCUT2D eigenvalue weighted by molar-refractivity contribution is 5.66. The summed E-state index contributed by atoms with van der Waals surface area (Å²) in [7, 11) is 0. The first-order chi connectivity index (χ1) is 15.5. The molecule has 1 aliphatic rings. The van der Waals surface area contributed by atoms with Crippen molar-refractivity contribution in [1.82, 2.24) is 0 Å². The predicted octanol–water partition coefficient (Wildman–Crippen LogP) is 9.98. The smallest absolute Gasteiger partial charge is 0.205 e. The second-order valence-electron chi connectivity index (χ2n) is 10.0. The van der Waals surface area contributed by atoms with E-state index in [2.05, 4.69) is 50.8 Å². The Morgan fingerprint density at radius 1 is 0.969 bits per heavy atom. The first-order valence-electron chi connectivity index (χ1n) is 12.6. The minimum absolute atomic E-state index is 0.116. The fraction of sp³-hybridized carbons (Fsp3) is 0.533. The molecular formula is C30H40F2. The van der Waals surface area contributed by atoms with Crippen molar-refractivity contribution < 1.29 is 8.78 Å². The van der Waals surface area contributed by atoms with E-state index < -0.39 is 6.43 Å². The van der Waals surface area contributed by atoms with Gasteiger partial charge in [0, 0.05) is 5.56 Å². The molecule has 3 atom stereocenters. The highest BCUT2D eigenvalue weighted by Gasteiger charge is 2.39. The van der Waals surface area contributed by atoms with Gasteiger partial charge < -0.3 is 0 Å². The molecule has 3 rings (SSSR count). The second-order valence-corrected chi connectivity index (χ2v) is 10.0. The van der Waals surface area contributed by atoms with Crippen LogP contribution in [0.15, 0.2) is 61.2 Å². The van der Waals surface area contributed by atoms with Crippen molar-refractivity contribution in [2.45, 2.75) is 90.4 Å². The standard InChI is InChI=1S/C30H40F2/c1-4-12-24-20-26(25-14-7-6-8-15-25)22-30(21-24,18-5-2)19-11-13-23(3)27-16-9-10-17-28(27)29(31)32/h6-10,14-17,24,26,29H,3-5,11-13,18-22H2,1-2H3. The first kappa shape index (κ1) is 24.7. The maximum atomic E-state index is 13.4. The number of allylic oxidation sites excluding steroid dienone is 1. The van der Waals surface area contributed by atoms with E-state index in [4.69, 9.17) is 0 Å². The third-order valence-electron chi connectivity index (χ3n) is 7.53. The van der Waals surface area contributed by atoms with Crippen LogP contribution < -0.4 is 0 Å². The van der Waals surface area contributed by atoms with Gasteiger partial charge in [-0.3, -0.25) is 0 Å². The van der Waals surface area contributed by atoms with E-state index in [1.165, 1.54) is 63.0 Å². The van der Waals surface area contributed by atoms with Gasteiger partial charge >= 0.3 is 0 Å². The molecule has 0 N–H and O–H groups in total. The number of hydrogen-bond acceptors (Lipinski definition) is 0. The number of benzene rings is 2. The second kappa shape index (κ2) is 11.8. The van der Waals surface area contributed by atoms with Gasteiger partial charge in [0.25, 0.3) is 6.43 Å². The van der Waals surface area contributed by atoms with E-state index in [0.29, 0.717) is 16.9 Å². The Morgan fingerprint density at radius 3 is 2.38 bits per heavy atom. The number of alkyl halides is 2. The molecule has 174 valence electrons. The summed E-state index contributed by atoms with van der Waals surface area (Å²) in [5.41, 5.74) is 3.46. The van der Waals surface area contributed by atoms with Gasteiger partial charge in [-0.2, -0.15) is 0 Å². The molecule has 0 radical (unpaired) electrons. The summed E-state index contributed by atoms with van der Waals surface area (Å²) in [4.78, 5) is 0. The van der Waals surface area contributed by atoms with Crippen LogP contribution in [-0.4, -0.2) is 0 Å². The third-order valence-corrected chi connectivity index (χ3v) is 7.53. The van der Waals surface area contributed by atoms with Crippen LogP contribution in [0.2, 0.25) is 0 Å². The predicted molar refractivity (Wildman–Crippen MR) is 133 cm³/mol. The van der Waals surface area contributed by atoms with Crippen molar-refractivity contribution >= 4 is 5.57 Å². The maximum absolute atomic E-state index is 13.4. The summed E-state index contributed by atoms with van der Waals surface area (Å²) in [5, 5.41) is 0. The Kier molecular flexibility index (Phi) is 9.08. The molecule has 2 aromatic rings. The van der Waals surface area contributed by atoms with Crippen LogP contribution in [-0.2, 0) is 0 Å². The SMILES string of the molecule is C=C(CCCC1(CCC)CC(CCC)CC(c2ccccc2)C1)c1ccccc1C(F)F. The van der Waals surface area contributed by atoms with Crippen molar-refractivity contribution in [2.75, 3.05) is 0 Å². The average Bonchev–Trinajstić information content (AvgIpc) is 2.80. The summed E-state index contributed by atoms with van der Waals surface area (Å²) < 4.78 is 26.9. The Balaban J connectivity index is 1.72. The molecule has 0 saturated heterocycles. The molecule has 1 fully saturated rings. The summed E-state index contributed by atoms with van der Waals surface area (Å²) in [6.45, 7) is 8.80. The summed E-state index contributed by atoms with van der Waals surface area (Å²) in [6.07, 6.45) is 9.43. The van der Waals surface area contributed by atoms with Crippen molar-refractivity contribution in [3.63, 3.8) is 0 Å². The fourth-order valence-electron chi connectivity index (χ4n) is 6.28. The van der Waals surface area contributed by atoms with Gasteiger partial charge in [-0.1, -0.05) is 94.3 Å². The third kappa shape index (κ3) is 6.30. The molecule has 0 bridgehead atoms.